The van der Waals surface area contributed by atoms with Crippen molar-refractivity contribution in [3.63, 3.8) is 0 Å². The van der Waals surface area contributed by atoms with E-state index in [-0.39, 0.29) is 11.5 Å². The molecule has 0 aliphatic carbocycles. The van der Waals surface area contributed by atoms with Crippen molar-refractivity contribution >= 4 is 31.6 Å². The summed E-state index contributed by atoms with van der Waals surface area (Å²) in [6, 6.07) is 13.9. The fraction of sp³-hybridized carbons (Fsp3) is 0.400. The number of nitrogens with one attached hydrogen (secondary N) is 2. The lowest BCUT2D eigenvalue weighted by atomic mass is 9.74. The summed E-state index contributed by atoms with van der Waals surface area (Å²) in [5.41, 5.74) is 3.13. The van der Waals surface area contributed by atoms with Crippen molar-refractivity contribution in [1.29, 1.82) is 0 Å². The van der Waals surface area contributed by atoms with Crippen LogP contribution < -0.4 is 10.0 Å². The Kier molecular flexibility index (Phi) is 5.47. The van der Waals surface area contributed by atoms with Gasteiger partial charge in [-0.15, -0.1) is 0 Å². The zero-order valence-corrected chi connectivity index (χ0v) is 17.7. The second-order valence-electron chi connectivity index (χ2n) is 7.45. The highest BCUT2D eigenvalue weighted by Gasteiger charge is 2.34. The van der Waals surface area contributed by atoms with Crippen LogP contribution in [0.3, 0.4) is 0 Å². The van der Waals surface area contributed by atoms with E-state index in [9.17, 15) is 8.42 Å². The number of hydrogen-bond acceptors (Lipinski definition) is 3. The third-order valence-corrected chi connectivity index (χ3v) is 6.82. The van der Waals surface area contributed by atoms with Crippen LogP contribution in [0.4, 0.5) is 5.69 Å². The van der Waals surface area contributed by atoms with Gasteiger partial charge in [-0.2, -0.15) is 0 Å². The third-order valence-electron chi connectivity index (χ3n) is 4.87. The number of sulfonamides is 1. The molecule has 0 aromatic heterocycles. The van der Waals surface area contributed by atoms with Crippen LogP contribution in [0.15, 0.2) is 51.8 Å². The second kappa shape index (κ2) is 7.33. The van der Waals surface area contributed by atoms with Gasteiger partial charge in [-0.3, -0.25) is 0 Å². The van der Waals surface area contributed by atoms with E-state index in [1.165, 1.54) is 5.56 Å². The van der Waals surface area contributed by atoms with Crippen LogP contribution >= 0.6 is 15.9 Å². The van der Waals surface area contributed by atoms with Crippen LogP contribution in [0.1, 0.15) is 50.8 Å². The monoisotopic (exact) mass is 436 g/mol. The van der Waals surface area contributed by atoms with Gasteiger partial charge in [0.1, 0.15) is 0 Å². The molecule has 0 spiro atoms. The van der Waals surface area contributed by atoms with Crippen molar-refractivity contribution in [2.24, 2.45) is 0 Å². The van der Waals surface area contributed by atoms with Crippen LogP contribution in [0, 0.1) is 0 Å². The van der Waals surface area contributed by atoms with Crippen LogP contribution in [0.2, 0.25) is 0 Å². The molecule has 0 radical (unpaired) electrons. The molecule has 0 saturated carbocycles. The summed E-state index contributed by atoms with van der Waals surface area (Å²) in [5, 5.41) is 3.58. The predicted molar refractivity (Wildman–Crippen MR) is 110 cm³/mol. The number of halogens is 1. The molecular weight excluding hydrogens is 412 g/mol. The van der Waals surface area contributed by atoms with Crippen LogP contribution in [-0.2, 0) is 15.4 Å². The van der Waals surface area contributed by atoms with E-state index in [1.54, 1.807) is 6.07 Å². The number of benzene rings is 2. The Bertz CT molecular complexity index is 910. The van der Waals surface area contributed by atoms with E-state index in [2.05, 4.69) is 51.9 Å². The van der Waals surface area contributed by atoms with Gasteiger partial charge in [0.05, 0.1) is 10.9 Å². The molecule has 2 aromatic rings. The first-order valence-corrected chi connectivity index (χ1v) is 11.2. The summed E-state index contributed by atoms with van der Waals surface area (Å²) < 4.78 is 28.7. The van der Waals surface area contributed by atoms with E-state index < -0.39 is 10.0 Å². The summed E-state index contributed by atoms with van der Waals surface area (Å²) in [7, 11) is -3.46. The van der Waals surface area contributed by atoms with E-state index in [0.717, 1.165) is 28.6 Å². The highest BCUT2D eigenvalue weighted by atomic mass is 79.9. The molecule has 6 heteroatoms. The number of anilines is 1. The molecule has 140 valence electrons. The zero-order valence-electron chi connectivity index (χ0n) is 15.3. The highest BCUT2D eigenvalue weighted by molar-refractivity contribution is 9.10. The molecule has 1 aliphatic rings. The smallest absolute Gasteiger partial charge is 0.240 e. The normalized spacial score (nSPS) is 18.8. The average Bonchev–Trinajstić information content (AvgIpc) is 2.59. The lowest BCUT2D eigenvalue weighted by Crippen LogP contribution is -2.32. The van der Waals surface area contributed by atoms with Gasteiger partial charge in [-0.1, -0.05) is 48.8 Å². The highest BCUT2D eigenvalue weighted by Crippen LogP contribution is 2.44. The first-order valence-electron chi connectivity index (χ1n) is 8.89. The molecule has 0 saturated heterocycles. The molecule has 2 N–H and O–H groups in total. The standard InChI is InChI=1S/C20H25BrN2O2S/c1-4-10-22-26(24,25)16-8-9-18-17(12-16)20(2,3)13-19(23-18)14-6-5-7-15(21)11-14/h5-9,11-12,19,22-23H,4,10,13H2,1-3H3. The molecule has 0 fully saturated rings. The minimum atomic E-state index is -3.46. The number of rotatable bonds is 5. The van der Waals surface area contributed by atoms with E-state index >= 15 is 0 Å². The zero-order chi connectivity index (χ0) is 18.9. The predicted octanol–water partition coefficient (Wildman–Crippen LogP) is 4.97. The average molecular weight is 437 g/mol. The molecule has 1 heterocycles. The van der Waals surface area contributed by atoms with Gasteiger partial charge in [0.15, 0.2) is 0 Å². The van der Waals surface area contributed by atoms with Crippen molar-refractivity contribution in [1.82, 2.24) is 4.72 Å². The summed E-state index contributed by atoms with van der Waals surface area (Å²) >= 11 is 3.54. The molecule has 4 nitrogen and oxygen atoms in total. The minimum absolute atomic E-state index is 0.135. The lowest BCUT2D eigenvalue weighted by Gasteiger charge is -2.39. The van der Waals surface area contributed by atoms with Crippen molar-refractivity contribution in [2.75, 3.05) is 11.9 Å². The number of fused-ring (bicyclic) bond motifs is 1. The molecule has 1 aliphatic heterocycles. The summed E-state index contributed by atoms with van der Waals surface area (Å²) in [6.07, 6.45) is 1.66. The van der Waals surface area contributed by atoms with Crippen molar-refractivity contribution in [3.05, 3.63) is 58.1 Å². The Morgan fingerprint density at radius 1 is 1.23 bits per heavy atom. The fourth-order valence-electron chi connectivity index (χ4n) is 3.48. The van der Waals surface area contributed by atoms with Gasteiger partial charge in [-0.05, 0) is 59.7 Å². The van der Waals surface area contributed by atoms with Crippen molar-refractivity contribution < 1.29 is 8.42 Å². The summed E-state index contributed by atoms with van der Waals surface area (Å²) in [5.74, 6) is 0. The van der Waals surface area contributed by atoms with Gasteiger partial charge in [0.2, 0.25) is 10.0 Å². The molecule has 0 amide bonds. The Morgan fingerprint density at radius 2 is 2.00 bits per heavy atom. The summed E-state index contributed by atoms with van der Waals surface area (Å²) in [6.45, 7) is 6.75. The third kappa shape index (κ3) is 3.97. The SMILES string of the molecule is CCCNS(=O)(=O)c1ccc2c(c1)C(C)(C)CC(c1cccc(Br)c1)N2. The van der Waals surface area contributed by atoms with Crippen molar-refractivity contribution in [2.45, 2.75) is 50.0 Å². The maximum atomic E-state index is 12.5. The largest absolute Gasteiger partial charge is 0.378 e. The van der Waals surface area contributed by atoms with Crippen LogP contribution in [0.25, 0.3) is 0 Å². The maximum Gasteiger partial charge on any atom is 0.240 e. The minimum Gasteiger partial charge on any atom is -0.378 e. The Morgan fingerprint density at radius 3 is 2.69 bits per heavy atom. The molecule has 1 unspecified atom stereocenters. The molecular formula is C20H25BrN2O2S. The van der Waals surface area contributed by atoms with E-state index in [0.29, 0.717) is 11.4 Å². The van der Waals surface area contributed by atoms with Crippen LogP contribution in [-0.4, -0.2) is 15.0 Å². The Hall–Kier alpha value is -1.37. The Balaban J connectivity index is 1.96. The van der Waals surface area contributed by atoms with Gasteiger partial charge in [-0.25, -0.2) is 13.1 Å². The van der Waals surface area contributed by atoms with E-state index in [4.69, 9.17) is 0 Å². The van der Waals surface area contributed by atoms with Crippen LogP contribution in [0.5, 0.6) is 0 Å². The second-order valence-corrected chi connectivity index (χ2v) is 10.1. The molecule has 26 heavy (non-hydrogen) atoms. The maximum absolute atomic E-state index is 12.5. The molecule has 2 aromatic carbocycles. The van der Waals surface area contributed by atoms with Gasteiger partial charge >= 0.3 is 0 Å². The molecule has 1 atom stereocenters. The van der Waals surface area contributed by atoms with Gasteiger partial charge in [0, 0.05) is 16.7 Å². The molecule has 3 rings (SSSR count). The quantitative estimate of drug-likeness (QED) is 0.694. The lowest BCUT2D eigenvalue weighted by molar-refractivity contribution is 0.426. The number of hydrogen-bond donors (Lipinski definition) is 2. The fourth-order valence-corrected chi connectivity index (χ4v) is 5.06. The van der Waals surface area contributed by atoms with Crippen molar-refractivity contribution in [3.8, 4) is 0 Å². The topological polar surface area (TPSA) is 58.2 Å². The van der Waals surface area contributed by atoms with E-state index in [1.807, 2.05) is 31.2 Å². The first kappa shape index (κ1) is 19.4. The van der Waals surface area contributed by atoms with Gasteiger partial charge in [0.25, 0.3) is 0 Å². The summed E-state index contributed by atoms with van der Waals surface area (Å²) in [4.78, 5) is 0.334. The Labute approximate surface area is 164 Å². The first-order chi connectivity index (χ1) is 12.2. The molecule has 0 bridgehead atoms. The van der Waals surface area contributed by atoms with Gasteiger partial charge < -0.3 is 5.32 Å².